The molecule has 0 atom stereocenters. The number of methoxy groups -OCH3 is 1. The van der Waals surface area contributed by atoms with Gasteiger partial charge >= 0.3 is 5.97 Å². The lowest BCUT2D eigenvalue weighted by Crippen LogP contribution is -2.50. The van der Waals surface area contributed by atoms with Crippen molar-refractivity contribution in [2.45, 2.75) is 13.8 Å². The van der Waals surface area contributed by atoms with E-state index in [1.807, 2.05) is 11.8 Å². The molecular weight excluding hydrogens is 455 g/mol. The van der Waals surface area contributed by atoms with Gasteiger partial charge in [0.1, 0.15) is 5.82 Å². The third-order valence-corrected chi connectivity index (χ3v) is 5.56. The molecule has 1 saturated heterocycles. The van der Waals surface area contributed by atoms with Gasteiger partial charge in [-0.1, -0.05) is 6.07 Å². The molecule has 8 nitrogen and oxygen atoms in total. The number of hydrogen-bond acceptors (Lipinski definition) is 7. The van der Waals surface area contributed by atoms with Gasteiger partial charge in [0.2, 0.25) is 0 Å². The van der Waals surface area contributed by atoms with Crippen molar-refractivity contribution >= 4 is 29.4 Å². The number of ketones is 1. The van der Waals surface area contributed by atoms with E-state index in [1.54, 1.807) is 41.3 Å². The zero-order valence-electron chi connectivity index (χ0n) is 20.1. The molecule has 186 valence electrons. The Bertz CT molecular complexity index is 1110. The lowest BCUT2D eigenvalue weighted by Gasteiger charge is -2.36. The van der Waals surface area contributed by atoms with Crippen LogP contribution in [-0.4, -0.2) is 69.1 Å². The molecule has 2 aromatic carbocycles. The molecule has 1 amide bonds. The molecule has 1 heterocycles. The van der Waals surface area contributed by atoms with Crippen LogP contribution in [0.2, 0.25) is 0 Å². The van der Waals surface area contributed by atoms with Gasteiger partial charge in [-0.05, 0) is 55.8 Å². The van der Waals surface area contributed by atoms with Crippen LogP contribution in [0.5, 0.6) is 11.5 Å². The number of benzene rings is 2. The molecule has 3 rings (SSSR count). The summed E-state index contributed by atoms with van der Waals surface area (Å²) in [4.78, 5) is 39.3. The van der Waals surface area contributed by atoms with Crippen LogP contribution in [-0.2, 0) is 14.3 Å². The fraction of sp³-hybridized carbons (Fsp3) is 0.346. The third-order valence-electron chi connectivity index (χ3n) is 5.56. The lowest BCUT2D eigenvalue weighted by atomic mass is 10.1. The quantitative estimate of drug-likeness (QED) is 0.307. The second kappa shape index (κ2) is 12.0. The maximum Gasteiger partial charge on any atom is 0.331 e. The highest BCUT2D eigenvalue weighted by atomic mass is 19.1. The van der Waals surface area contributed by atoms with Crippen LogP contribution in [0.15, 0.2) is 42.5 Å². The van der Waals surface area contributed by atoms with E-state index in [-0.39, 0.29) is 18.3 Å². The molecule has 35 heavy (non-hydrogen) atoms. The first-order chi connectivity index (χ1) is 16.8. The topological polar surface area (TPSA) is 85.4 Å². The van der Waals surface area contributed by atoms with Crippen molar-refractivity contribution < 1.29 is 33.0 Å². The fourth-order valence-corrected chi connectivity index (χ4v) is 3.68. The number of esters is 1. The van der Waals surface area contributed by atoms with Crippen molar-refractivity contribution in [2.75, 3.05) is 51.4 Å². The summed E-state index contributed by atoms with van der Waals surface area (Å²) in [6.07, 6.45) is 2.81. The molecular formula is C26H29FN2O6. The first kappa shape index (κ1) is 25.7. The van der Waals surface area contributed by atoms with E-state index in [4.69, 9.17) is 14.2 Å². The zero-order valence-corrected chi connectivity index (χ0v) is 20.1. The van der Waals surface area contributed by atoms with Gasteiger partial charge in [-0.15, -0.1) is 0 Å². The summed E-state index contributed by atoms with van der Waals surface area (Å²) >= 11 is 0. The fourth-order valence-electron chi connectivity index (χ4n) is 3.68. The average molecular weight is 485 g/mol. The Morgan fingerprint density at radius 3 is 2.40 bits per heavy atom. The van der Waals surface area contributed by atoms with Gasteiger partial charge in [-0.25, -0.2) is 9.18 Å². The maximum absolute atomic E-state index is 14.4. The lowest BCUT2D eigenvalue weighted by molar-refractivity contribution is -0.148. The largest absolute Gasteiger partial charge is 0.493 e. The van der Waals surface area contributed by atoms with E-state index in [0.29, 0.717) is 61.1 Å². The predicted molar refractivity (Wildman–Crippen MR) is 129 cm³/mol. The number of rotatable bonds is 9. The Morgan fingerprint density at radius 1 is 1.03 bits per heavy atom. The molecule has 0 radical (unpaired) electrons. The van der Waals surface area contributed by atoms with E-state index in [1.165, 1.54) is 26.2 Å². The first-order valence-electron chi connectivity index (χ1n) is 11.3. The molecule has 9 heteroatoms. The number of nitrogens with zero attached hydrogens (tertiary/aromatic N) is 2. The highest BCUT2D eigenvalue weighted by Crippen LogP contribution is 2.28. The van der Waals surface area contributed by atoms with Crippen molar-refractivity contribution in [3.8, 4) is 11.5 Å². The number of halogens is 1. The van der Waals surface area contributed by atoms with Crippen molar-refractivity contribution in [3.05, 3.63) is 59.4 Å². The number of carbonyl (C=O) groups is 3. The molecule has 0 aromatic heterocycles. The van der Waals surface area contributed by atoms with Crippen LogP contribution in [0.25, 0.3) is 6.08 Å². The summed E-state index contributed by atoms with van der Waals surface area (Å²) in [7, 11) is 1.53. The smallest absolute Gasteiger partial charge is 0.331 e. The highest BCUT2D eigenvalue weighted by molar-refractivity contribution is 5.94. The summed E-state index contributed by atoms with van der Waals surface area (Å²) in [6.45, 7) is 4.98. The molecule has 0 unspecified atom stereocenters. The zero-order chi connectivity index (χ0) is 25.4. The minimum atomic E-state index is -0.641. The van der Waals surface area contributed by atoms with E-state index in [0.717, 1.165) is 0 Å². The summed E-state index contributed by atoms with van der Waals surface area (Å²) < 4.78 is 30.2. The molecule has 0 saturated carbocycles. The Kier molecular flexibility index (Phi) is 8.83. The SMILES string of the molecule is CCOc1ccc(/C=C/C(=O)OCC(=O)N2CCN(c3ccc(C(C)=O)cc3F)CC2)cc1OC. The number of carbonyl (C=O) groups excluding carboxylic acids is 3. The number of Topliss-reactive ketones (excluding diaryl/α,β-unsaturated/α-hetero) is 1. The summed E-state index contributed by atoms with van der Waals surface area (Å²) in [5, 5.41) is 0. The number of amides is 1. The Morgan fingerprint density at radius 2 is 1.77 bits per heavy atom. The Labute approximate surface area is 203 Å². The van der Waals surface area contributed by atoms with E-state index < -0.39 is 11.8 Å². The van der Waals surface area contributed by atoms with Gasteiger partial charge in [-0.3, -0.25) is 9.59 Å². The van der Waals surface area contributed by atoms with Gasteiger partial charge in [0.25, 0.3) is 5.91 Å². The van der Waals surface area contributed by atoms with Crippen LogP contribution >= 0.6 is 0 Å². The van der Waals surface area contributed by atoms with Gasteiger partial charge < -0.3 is 24.0 Å². The van der Waals surface area contributed by atoms with Crippen LogP contribution in [0, 0.1) is 5.82 Å². The van der Waals surface area contributed by atoms with Crippen molar-refractivity contribution in [3.63, 3.8) is 0 Å². The van der Waals surface area contributed by atoms with Gasteiger partial charge in [0.15, 0.2) is 23.9 Å². The van der Waals surface area contributed by atoms with Crippen molar-refractivity contribution in [1.29, 1.82) is 0 Å². The normalized spacial score (nSPS) is 13.6. The van der Waals surface area contributed by atoms with Crippen LogP contribution < -0.4 is 14.4 Å². The summed E-state index contributed by atoms with van der Waals surface area (Å²) in [5.74, 6) is -0.473. The number of hydrogen-bond donors (Lipinski definition) is 0. The van der Waals surface area contributed by atoms with Gasteiger partial charge in [0.05, 0.1) is 19.4 Å². The maximum atomic E-state index is 14.4. The van der Waals surface area contributed by atoms with Gasteiger partial charge in [-0.2, -0.15) is 0 Å². The minimum Gasteiger partial charge on any atom is -0.493 e. The van der Waals surface area contributed by atoms with Gasteiger partial charge in [0, 0.05) is 37.8 Å². The van der Waals surface area contributed by atoms with Crippen LogP contribution in [0.3, 0.4) is 0 Å². The van der Waals surface area contributed by atoms with E-state index >= 15 is 0 Å². The molecule has 0 bridgehead atoms. The highest BCUT2D eigenvalue weighted by Gasteiger charge is 2.23. The Hall–Kier alpha value is -3.88. The van der Waals surface area contributed by atoms with E-state index in [9.17, 15) is 18.8 Å². The second-order valence-corrected chi connectivity index (χ2v) is 7.87. The standard InChI is InChI=1S/C26H29FN2O6/c1-4-34-23-9-5-19(15-24(23)33-3)6-10-26(32)35-17-25(31)29-13-11-28(12-14-29)22-8-7-20(18(2)30)16-21(22)27/h5-10,15-16H,4,11-14,17H2,1-3H3/b10-6+. The second-order valence-electron chi connectivity index (χ2n) is 7.87. The average Bonchev–Trinajstić information content (AvgIpc) is 2.86. The minimum absolute atomic E-state index is 0.200. The van der Waals surface area contributed by atoms with Crippen molar-refractivity contribution in [2.24, 2.45) is 0 Å². The van der Waals surface area contributed by atoms with E-state index in [2.05, 4.69) is 0 Å². The molecule has 1 fully saturated rings. The predicted octanol–water partition coefficient (Wildman–Crippen LogP) is 3.34. The van der Waals surface area contributed by atoms with Crippen molar-refractivity contribution in [1.82, 2.24) is 4.90 Å². The molecule has 0 aliphatic carbocycles. The first-order valence-corrected chi connectivity index (χ1v) is 11.3. The number of anilines is 1. The monoisotopic (exact) mass is 484 g/mol. The number of piperazine rings is 1. The number of ether oxygens (including phenoxy) is 3. The molecule has 2 aromatic rings. The Balaban J connectivity index is 1.47. The third kappa shape index (κ3) is 6.81. The molecule has 0 spiro atoms. The van der Waals surface area contributed by atoms with Crippen LogP contribution in [0.1, 0.15) is 29.8 Å². The summed E-state index contributed by atoms with van der Waals surface area (Å²) in [6, 6.07) is 9.66. The summed E-state index contributed by atoms with van der Waals surface area (Å²) in [5.41, 5.74) is 1.43. The molecule has 1 aliphatic rings. The molecule has 0 N–H and O–H groups in total. The molecule has 1 aliphatic heterocycles. The van der Waals surface area contributed by atoms with Crippen LogP contribution in [0.4, 0.5) is 10.1 Å².